The molecule has 1 fully saturated rings. The zero-order chi connectivity index (χ0) is 32.1. The van der Waals surface area contributed by atoms with Gasteiger partial charge >= 0.3 is 16.2 Å². The number of fused-ring (bicyclic) bond motifs is 1. The van der Waals surface area contributed by atoms with Crippen molar-refractivity contribution in [1.29, 1.82) is 0 Å². The van der Waals surface area contributed by atoms with Gasteiger partial charge in [-0.25, -0.2) is 9.52 Å². The Balaban J connectivity index is 1.69. The minimum atomic E-state index is -4.38. The molecule has 43 heavy (non-hydrogen) atoms. The molecule has 0 aliphatic heterocycles. The maximum absolute atomic E-state index is 13.9. The molecular weight excluding hydrogens is 570 g/mol. The molecule has 4 rings (SSSR count). The number of hydrogen-bond donors (Lipinski definition) is 4. The van der Waals surface area contributed by atoms with E-state index < -0.39 is 33.2 Å². The summed E-state index contributed by atoms with van der Waals surface area (Å²) in [6, 6.07) is 7.95. The van der Waals surface area contributed by atoms with Crippen molar-refractivity contribution in [2.24, 2.45) is 28.6 Å². The molecule has 2 heterocycles. The lowest BCUT2D eigenvalue weighted by Gasteiger charge is -2.50. The highest BCUT2D eigenvalue weighted by atomic mass is 32.2. The highest BCUT2D eigenvalue weighted by Gasteiger charge is 2.48. The number of aryl methyl sites for hydroxylation is 1. The maximum Gasteiger partial charge on any atom is 0.342 e. The van der Waals surface area contributed by atoms with Crippen LogP contribution in [0.4, 0.5) is 11.5 Å². The summed E-state index contributed by atoms with van der Waals surface area (Å²) in [5, 5.41) is 0. The lowest BCUT2D eigenvalue weighted by atomic mass is 9.59. The van der Waals surface area contributed by atoms with Crippen molar-refractivity contribution >= 4 is 39.2 Å². The van der Waals surface area contributed by atoms with E-state index in [1.807, 2.05) is 4.72 Å². The van der Waals surface area contributed by atoms with Gasteiger partial charge in [-0.1, -0.05) is 66.7 Å². The summed E-state index contributed by atoms with van der Waals surface area (Å²) < 4.78 is 36.6. The summed E-state index contributed by atoms with van der Waals surface area (Å²) in [6.45, 7) is 16.9. The average Bonchev–Trinajstić information content (AvgIpc) is 3.19. The van der Waals surface area contributed by atoms with Crippen LogP contribution >= 0.6 is 0 Å². The molecule has 2 aromatic heterocycles. The normalized spacial score (nSPS) is 21.4. The number of amides is 1. The fourth-order valence-electron chi connectivity index (χ4n) is 6.23. The predicted octanol–water partition coefficient (Wildman–Crippen LogP) is 4.88. The summed E-state index contributed by atoms with van der Waals surface area (Å²) in [5.74, 6) is -1.49. The summed E-state index contributed by atoms with van der Waals surface area (Å²) >= 11 is 0. The molecule has 1 saturated carbocycles. The molecule has 0 radical (unpaired) electrons. The number of nitrogen functional groups attached to an aromatic ring is 1. The smallest absolute Gasteiger partial charge is 0.342 e. The monoisotopic (exact) mass is 613 g/mol. The summed E-state index contributed by atoms with van der Waals surface area (Å²) in [7, 11) is -4.38. The second kappa shape index (κ2) is 11.4. The third-order valence-electron chi connectivity index (χ3n) is 8.41. The van der Waals surface area contributed by atoms with E-state index >= 15 is 0 Å². The quantitative estimate of drug-likeness (QED) is 0.288. The van der Waals surface area contributed by atoms with E-state index in [1.165, 1.54) is 18.3 Å². The van der Waals surface area contributed by atoms with E-state index in [0.29, 0.717) is 11.5 Å². The zero-order valence-electron chi connectivity index (χ0n) is 26.1. The predicted molar refractivity (Wildman–Crippen MR) is 167 cm³/mol. The number of aromatic amines is 1. The van der Waals surface area contributed by atoms with E-state index in [9.17, 15) is 22.8 Å². The number of carbonyl (C=O) groups is 2. The number of carbonyl (C=O) groups excluding carboxylic acids is 2. The average molecular weight is 614 g/mol. The Morgan fingerprint density at radius 1 is 1.00 bits per heavy atom. The van der Waals surface area contributed by atoms with E-state index in [4.69, 9.17) is 10.5 Å². The van der Waals surface area contributed by atoms with Crippen molar-refractivity contribution in [2.75, 3.05) is 10.5 Å². The molecular formula is C31H43N5O6S. The molecule has 1 aliphatic rings. The fourth-order valence-corrected chi connectivity index (χ4v) is 7.07. The molecule has 3 aromatic rings. The van der Waals surface area contributed by atoms with Gasteiger partial charge in [-0.3, -0.25) is 18.7 Å². The number of nitrogens with two attached hydrogens (primary N) is 1. The highest BCUT2D eigenvalue weighted by Crippen LogP contribution is 2.50. The molecule has 2 unspecified atom stereocenters. The molecule has 5 N–H and O–H groups in total. The minimum Gasteiger partial charge on any atom is -0.458 e. The third-order valence-corrected chi connectivity index (χ3v) is 9.37. The molecule has 1 aromatic carbocycles. The summed E-state index contributed by atoms with van der Waals surface area (Å²) in [4.78, 5) is 43.1. The van der Waals surface area contributed by atoms with Crippen molar-refractivity contribution in [2.45, 2.75) is 74.3 Å². The summed E-state index contributed by atoms with van der Waals surface area (Å²) in [5.41, 5.74) is 5.24. The van der Waals surface area contributed by atoms with Gasteiger partial charge < -0.3 is 15.5 Å². The van der Waals surface area contributed by atoms with Gasteiger partial charge in [0.15, 0.2) is 0 Å². The van der Waals surface area contributed by atoms with Crippen LogP contribution < -0.4 is 20.7 Å². The van der Waals surface area contributed by atoms with Gasteiger partial charge in [0.05, 0.1) is 5.69 Å². The second-order valence-corrected chi connectivity index (χ2v) is 15.3. The number of anilines is 2. The van der Waals surface area contributed by atoms with Crippen molar-refractivity contribution < 1.29 is 22.7 Å². The largest absolute Gasteiger partial charge is 0.458 e. The molecule has 1 aliphatic carbocycles. The van der Waals surface area contributed by atoms with Crippen LogP contribution in [0.25, 0.3) is 5.65 Å². The van der Waals surface area contributed by atoms with Crippen LogP contribution in [0.3, 0.4) is 0 Å². The van der Waals surface area contributed by atoms with E-state index in [1.54, 1.807) is 25.1 Å². The number of para-hydroxylation sites is 1. The van der Waals surface area contributed by atoms with Gasteiger partial charge in [-0.15, -0.1) is 0 Å². The number of H-pyrrole nitrogens is 1. The Kier molecular flexibility index (Phi) is 8.49. The first-order valence-corrected chi connectivity index (χ1v) is 15.9. The molecule has 0 spiro atoms. The Morgan fingerprint density at radius 2 is 1.56 bits per heavy atom. The third kappa shape index (κ3) is 6.74. The fraction of sp³-hybridized carbons (Fsp3) is 0.516. The van der Waals surface area contributed by atoms with E-state index in [0.717, 1.165) is 17.2 Å². The number of hydrogen-bond acceptors (Lipinski definition) is 7. The van der Waals surface area contributed by atoms with Crippen molar-refractivity contribution in [1.82, 2.24) is 14.1 Å². The molecule has 12 heteroatoms. The van der Waals surface area contributed by atoms with Crippen LogP contribution in [-0.4, -0.2) is 35.8 Å². The van der Waals surface area contributed by atoms with Crippen LogP contribution in [0.5, 0.6) is 0 Å². The number of aromatic nitrogens is 2. The lowest BCUT2D eigenvalue weighted by molar-refractivity contribution is -0.0922. The Morgan fingerprint density at radius 3 is 2.09 bits per heavy atom. The van der Waals surface area contributed by atoms with Crippen LogP contribution in [0, 0.1) is 35.5 Å². The highest BCUT2D eigenvalue weighted by molar-refractivity contribution is 7.91. The van der Waals surface area contributed by atoms with E-state index in [-0.39, 0.29) is 51.5 Å². The zero-order valence-corrected chi connectivity index (χ0v) is 26.9. The Labute approximate surface area is 252 Å². The number of ether oxygens (including phenoxy) is 1. The van der Waals surface area contributed by atoms with E-state index in [2.05, 4.69) is 58.2 Å². The lowest BCUT2D eigenvalue weighted by Crippen LogP contribution is -2.49. The van der Waals surface area contributed by atoms with Crippen molar-refractivity contribution in [3.05, 3.63) is 63.6 Å². The minimum absolute atomic E-state index is 0.0654. The van der Waals surface area contributed by atoms with Gasteiger partial charge in [-0.2, -0.15) is 8.42 Å². The molecule has 1 amide bonds. The number of esters is 1. The molecule has 0 saturated heterocycles. The topological polar surface area (TPSA) is 165 Å². The van der Waals surface area contributed by atoms with Crippen molar-refractivity contribution in [3.63, 3.8) is 0 Å². The number of nitrogens with zero attached hydrogens (tertiary/aromatic N) is 1. The van der Waals surface area contributed by atoms with Gasteiger partial charge in [0.25, 0.3) is 11.5 Å². The first-order valence-electron chi connectivity index (χ1n) is 14.4. The maximum atomic E-state index is 13.9. The van der Waals surface area contributed by atoms with Crippen LogP contribution in [-0.2, 0) is 14.9 Å². The van der Waals surface area contributed by atoms with Crippen LogP contribution in [0.15, 0.2) is 41.3 Å². The molecule has 11 nitrogen and oxygen atoms in total. The standard InChI is InChI=1S/C31H43N5O6S/c1-17-14-20(30(3,4)5)24(21(15-17)31(6,7)8)42-29(39)22-18(2)16-36-26(22)33-25(32)23(28(36)38)27(37)35-43(40,41)34-19-12-10-9-11-13-19/h9-13,16-17,20-21,24,33-34H,14-15,32H2,1-8H3,(H,35,37). The van der Waals surface area contributed by atoms with Crippen LogP contribution in [0.1, 0.15) is 87.6 Å². The first-order chi connectivity index (χ1) is 19.8. The number of rotatable bonds is 6. The first kappa shape index (κ1) is 32.1. The Bertz CT molecular complexity index is 1670. The SMILES string of the molecule is Cc1cn2c(=O)c(C(=O)NS(=O)(=O)Nc3ccccc3)c(N)[nH]c2c1C(=O)OC1C(C(C)(C)C)CC(C)CC1C(C)(C)C. The molecule has 2 atom stereocenters. The molecule has 234 valence electrons. The van der Waals surface area contributed by atoms with Gasteiger partial charge in [-0.05, 0) is 54.2 Å². The van der Waals surface area contributed by atoms with Gasteiger partial charge in [0.2, 0.25) is 0 Å². The molecule has 0 bridgehead atoms. The number of benzene rings is 1. The second-order valence-electron chi connectivity index (χ2n) is 13.9. The van der Waals surface area contributed by atoms with Gasteiger partial charge in [0.1, 0.15) is 28.7 Å². The van der Waals surface area contributed by atoms with Gasteiger partial charge in [0, 0.05) is 18.0 Å². The van der Waals surface area contributed by atoms with Crippen molar-refractivity contribution in [3.8, 4) is 0 Å². The van der Waals surface area contributed by atoms with Crippen LogP contribution in [0.2, 0.25) is 0 Å². The number of nitrogens with one attached hydrogen (secondary N) is 3. The summed E-state index contributed by atoms with van der Waals surface area (Å²) in [6.07, 6.45) is 2.90. The Hall–Kier alpha value is -3.80.